The number of carbonyl (C=O) groups excluding carboxylic acids is 1. The maximum absolute atomic E-state index is 12.1. The van der Waals surface area contributed by atoms with Gasteiger partial charge < -0.3 is 14.8 Å². The number of hydrogen-bond acceptors (Lipinski definition) is 3. The third-order valence-electron chi connectivity index (χ3n) is 3.48. The van der Waals surface area contributed by atoms with Gasteiger partial charge in [-0.15, -0.1) is 0 Å². The van der Waals surface area contributed by atoms with Gasteiger partial charge in [-0.25, -0.2) is 0 Å². The predicted molar refractivity (Wildman–Crippen MR) is 79.7 cm³/mol. The molecule has 0 aromatic heterocycles. The van der Waals surface area contributed by atoms with E-state index in [-0.39, 0.29) is 18.1 Å². The second-order valence-corrected chi connectivity index (χ2v) is 5.04. The van der Waals surface area contributed by atoms with Crippen LogP contribution in [0.15, 0.2) is 54.6 Å². The van der Waals surface area contributed by atoms with Crippen LogP contribution >= 0.6 is 0 Å². The van der Waals surface area contributed by atoms with E-state index in [1.54, 1.807) is 12.1 Å². The molecule has 0 saturated carbocycles. The molecular weight excluding hydrogens is 266 g/mol. The van der Waals surface area contributed by atoms with Crippen molar-refractivity contribution in [3.63, 3.8) is 0 Å². The van der Waals surface area contributed by atoms with Crippen molar-refractivity contribution in [3.8, 4) is 11.5 Å². The number of ether oxygens (including phenoxy) is 2. The van der Waals surface area contributed by atoms with E-state index >= 15 is 0 Å². The highest BCUT2D eigenvalue weighted by atomic mass is 16.6. The van der Waals surface area contributed by atoms with Crippen LogP contribution in [0.3, 0.4) is 0 Å². The molecule has 108 valence electrons. The van der Waals surface area contributed by atoms with Crippen LogP contribution in [0.1, 0.15) is 17.3 Å². The van der Waals surface area contributed by atoms with Gasteiger partial charge in [-0.05, 0) is 31.2 Å². The zero-order valence-electron chi connectivity index (χ0n) is 11.8. The van der Waals surface area contributed by atoms with Gasteiger partial charge in [0.25, 0.3) is 5.91 Å². The second-order valence-electron chi connectivity index (χ2n) is 5.04. The topological polar surface area (TPSA) is 47.6 Å². The van der Waals surface area contributed by atoms with Crippen LogP contribution in [0.25, 0.3) is 0 Å². The molecule has 0 aliphatic carbocycles. The van der Waals surface area contributed by atoms with Crippen molar-refractivity contribution < 1.29 is 14.3 Å². The van der Waals surface area contributed by atoms with E-state index in [4.69, 9.17) is 9.47 Å². The van der Waals surface area contributed by atoms with Gasteiger partial charge in [-0.2, -0.15) is 0 Å². The van der Waals surface area contributed by atoms with E-state index in [1.165, 1.54) is 0 Å². The molecule has 0 bridgehead atoms. The van der Waals surface area contributed by atoms with Crippen molar-refractivity contribution in [2.75, 3.05) is 6.61 Å². The van der Waals surface area contributed by atoms with Gasteiger partial charge >= 0.3 is 0 Å². The number of benzene rings is 2. The van der Waals surface area contributed by atoms with Crippen LogP contribution in [-0.2, 0) is 0 Å². The third kappa shape index (κ3) is 2.99. The number of rotatable bonds is 3. The maximum Gasteiger partial charge on any atom is 0.251 e. The minimum absolute atomic E-state index is 0.106. The third-order valence-corrected chi connectivity index (χ3v) is 3.48. The normalized spacial score (nSPS) is 17.9. The molecule has 21 heavy (non-hydrogen) atoms. The Morgan fingerprint density at radius 1 is 1.10 bits per heavy atom. The number of nitrogens with one attached hydrogen (secondary N) is 1. The fourth-order valence-corrected chi connectivity index (χ4v) is 2.25. The smallest absolute Gasteiger partial charge is 0.251 e. The van der Waals surface area contributed by atoms with Gasteiger partial charge in [0.1, 0.15) is 6.61 Å². The van der Waals surface area contributed by atoms with Crippen LogP contribution in [-0.4, -0.2) is 24.7 Å². The summed E-state index contributed by atoms with van der Waals surface area (Å²) in [4.78, 5) is 12.1. The van der Waals surface area contributed by atoms with Crippen LogP contribution in [0.5, 0.6) is 11.5 Å². The monoisotopic (exact) mass is 283 g/mol. The number of para-hydroxylation sites is 2. The molecular formula is C17H17NO3. The molecule has 4 nitrogen and oxygen atoms in total. The minimum Gasteiger partial charge on any atom is -0.486 e. The summed E-state index contributed by atoms with van der Waals surface area (Å²) >= 11 is 0. The zero-order valence-corrected chi connectivity index (χ0v) is 11.8. The summed E-state index contributed by atoms with van der Waals surface area (Å²) in [5, 5.41) is 2.95. The van der Waals surface area contributed by atoms with E-state index in [9.17, 15) is 4.79 Å². The molecule has 1 aliphatic heterocycles. The molecule has 1 aliphatic rings. The van der Waals surface area contributed by atoms with E-state index in [1.807, 2.05) is 49.4 Å². The van der Waals surface area contributed by atoms with Gasteiger partial charge in [0.15, 0.2) is 17.6 Å². The average Bonchev–Trinajstić information content (AvgIpc) is 2.55. The Balaban J connectivity index is 1.64. The Morgan fingerprint density at radius 2 is 1.76 bits per heavy atom. The molecule has 2 aromatic carbocycles. The molecule has 0 radical (unpaired) electrons. The first-order valence-electron chi connectivity index (χ1n) is 6.98. The lowest BCUT2D eigenvalue weighted by atomic mass is 10.1. The Hall–Kier alpha value is -2.49. The molecule has 3 rings (SSSR count). The largest absolute Gasteiger partial charge is 0.486 e. The first-order chi connectivity index (χ1) is 10.2. The fourth-order valence-electron chi connectivity index (χ4n) is 2.25. The van der Waals surface area contributed by atoms with Crippen LogP contribution in [0.4, 0.5) is 0 Å². The van der Waals surface area contributed by atoms with Gasteiger partial charge in [-0.3, -0.25) is 4.79 Å². The standard InChI is InChI=1S/C17H17NO3/c1-12(18-17(19)13-7-3-2-4-8-13)16-11-20-14-9-5-6-10-15(14)21-16/h2-10,12,16H,11H2,1H3,(H,18,19)/t12-,16-/m0/s1. The van der Waals surface area contributed by atoms with Crippen molar-refractivity contribution in [1.29, 1.82) is 0 Å². The van der Waals surface area contributed by atoms with Crippen molar-refractivity contribution >= 4 is 5.91 Å². The summed E-state index contributed by atoms with van der Waals surface area (Å²) in [6, 6.07) is 16.5. The van der Waals surface area contributed by atoms with E-state index in [2.05, 4.69) is 5.32 Å². The number of amides is 1. The first kappa shape index (κ1) is 13.5. The summed E-state index contributed by atoms with van der Waals surface area (Å²) in [6.45, 7) is 2.34. The Labute approximate surface area is 123 Å². The van der Waals surface area contributed by atoms with Gasteiger partial charge in [0.05, 0.1) is 6.04 Å². The molecule has 0 fully saturated rings. The molecule has 0 spiro atoms. The van der Waals surface area contributed by atoms with Crippen molar-refractivity contribution in [2.45, 2.75) is 19.1 Å². The average molecular weight is 283 g/mol. The van der Waals surface area contributed by atoms with Crippen molar-refractivity contribution in [1.82, 2.24) is 5.32 Å². The van der Waals surface area contributed by atoms with Crippen molar-refractivity contribution in [3.05, 3.63) is 60.2 Å². The highest BCUT2D eigenvalue weighted by molar-refractivity contribution is 5.94. The fraction of sp³-hybridized carbons (Fsp3) is 0.235. The van der Waals surface area contributed by atoms with Crippen molar-refractivity contribution in [2.24, 2.45) is 0 Å². The molecule has 0 unspecified atom stereocenters. The highest BCUT2D eigenvalue weighted by Crippen LogP contribution is 2.31. The summed E-state index contributed by atoms with van der Waals surface area (Å²) < 4.78 is 11.6. The summed E-state index contributed by atoms with van der Waals surface area (Å²) in [5.41, 5.74) is 0.640. The van der Waals surface area contributed by atoms with E-state index in [0.717, 1.165) is 11.5 Å². The lowest BCUT2D eigenvalue weighted by molar-refractivity contribution is 0.0606. The molecule has 2 aromatic rings. The lowest BCUT2D eigenvalue weighted by Gasteiger charge is -2.30. The van der Waals surface area contributed by atoms with Gasteiger partial charge in [-0.1, -0.05) is 30.3 Å². The Kier molecular flexibility index (Phi) is 3.77. The number of carbonyl (C=O) groups is 1. The molecule has 0 saturated heterocycles. The lowest BCUT2D eigenvalue weighted by Crippen LogP contribution is -2.48. The van der Waals surface area contributed by atoms with Crippen LogP contribution in [0, 0.1) is 0 Å². The molecule has 4 heteroatoms. The zero-order chi connectivity index (χ0) is 14.7. The van der Waals surface area contributed by atoms with Gasteiger partial charge in [0.2, 0.25) is 0 Å². The SMILES string of the molecule is C[C@H](NC(=O)c1ccccc1)[C@@H]1COc2ccccc2O1. The molecule has 2 atom stereocenters. The summed E-state index contributed by atoms with van der Waals surface area (Å²) in [5.74, 6) is 1.36. The minimum atomic E-state index is -0.201. The quantitative estimate of drug-likeness (QED) is 0.942. The summed E-state index contributed by atoms with van der Waals surface area (Å²) in [7, 11) is 0. The van der Waals surface area contributed by atoms with E-state index in [0.29, 0.717) is 12.2 Å². The molecule has 1 heterocycles. The second kappa shape index (κ2) is 5.87. The Bertz CT molecular complexity index is 627. The first-order valence-corrected chi connectivity index (χ1v) is 6.98. The predicted octanol–water partition coefficient (Wildman–Crippen LogP) is 2.64. The number of hydrogen-bond donors (Lipinski definition) is 1. The molecule has 1 amide bonds. The Morgan fingerprint density at radius 3 is 2.52 bits per heavy atom. The maximum atomic E-state index is 12.1. The van der Waals surface area contributed by atoms with Gasteiger partial charge in [0, 0.05) is 5.56 Å². The van der Waals surface area contributed by atoms with E-state index < -0.39 is 0 Å². The van der Waals surface area contributed by atoms with Crippen LogP contribution < -0.4 is 14.8 Å². The molecule has 1 N–H and O–H groups in total. The number of fused-ring (bicyclic) bond motifs is 1. The highest BCUT2D eigenvalue weighted by Gasteiger charge is 2.27. The van der Waals surface area contributed by atoms with Crippen LogP contribution in [0.2, 0.25) is 0 Å². The summed E-state index contributed by atoms with van der Waals surface area (Å²) in [6.07, 6.45) is -0.201.